The van der Waals surface area contributed by atoms with Gasteiger partial charge in [0.05, 0.1) is 0 Å². The van der Waals surface area contributed by atoms with Crippen LogP contribution in [0.3, 0.4) is 0 Å². The lowest BCUT2D eigenvalue weighted by molar-refractivity contribution is 0.700. The lowest BCUT2D eigenvalue weighted by atomic mass is 10.2. The Morgan fingerprint density at radius 1 is 1.09 bits per heavy atom. The van der Waals surface area contributed by atoms with Crippen LogP contribution < -0.4 is 0 Å². The van der Waals surface area contributed by atoms with Crippen molar-refractivity contribution in [2.24, 2.45) is 0 Å². The first-order chi connectivity index (χ1) is 5.35. The number of hydrogen-bond donors (Lipinski definition) is 0. The lowest BCUT2D eigenvalue weighted by Crippen LogP contribution is -2.03. The minimum Gasteiger partial charge on any atom is -0.107 e. The van der Waals surface area contributed by atoms with E-state index in [1.165, 1.54) is 31.7 Å². The van der Waals surface area contributed by atoms with Gasteiger partial charge >= 0.3 is 0 Å². The van der Waals surface area contributed by atoms with Crippen LogP contribution in [0, 0.1) is 0 Å². The number of hydrogen-bond acceptors (Lipinski definition) is 0. The van der Waals surface area contributed by atoms with E-state index in [0.717, 1.165) is 0 Å². The summed E-state index contributed by atoms with van der Waals surface area (Å²) in [5.41, 5.74) is 4.17. The van der Waals surface area contributed by atoms with Crippen molar-refractivity contribution in [3.63, 3.8) is 0 Å². The van der Waals surface area contributed by atoms with Gasteiger partial charge in [-0.2, -0.15) is 0 Å². The van der Waals surface area contributed by atoms with Crippen LogP contribution in [0.5, 0.6) is 0 Å². The van der Waals surface area contributed by atoms with Crippen molar-refractivity contribution in [2.75, 3.05) is 0 Å². The summed E-state index contributed by atoms with van der Waals surface area (Å²) >= 11 is 0. The van der Waals surface area contributed by atoms with E-state index in [0.29, 0.717) is 0 Å². The maximum atomic E-state index is 3.80. The molecule has 0 saturated carbocycles. The van der Waals surface area contributed by atoms with E-state index in [2.05, 4.69) is 31.5 Å². The Labute approximate surface area is 72.6 Å². The molecule has 0 atom stereocenters. The molecule has 0 saturated heterocycles. The van der Waals surface area contributed by atoms with Crippen molar-refractivity contribution >= 4 is 8.80 Å². The third kappa shape index (κ3) is 6.11. The summed E-state index contributed by atoms with van der Waals surface area (Å²) in [6, 6.07) is 1.33. The fourth-order valence-electron chi connectivity index (χ4n) is 1.04. The number of unbranched alkanes of at least 4 members (excludes halogenated alkanes) is 3. The second kappa shape index (κ2) is 7.80. The van der Waals surface area contributed by atoms with E-state index in [-0.39, 0.29) is 8.80 Å². The molecule has 0 unspecified atom stereocenters. The van der Waals surface area contributed by atoms with Gasteiger partial charge in [-0.15, -0.1) is 13.2 Å². The van der Waals surface area contributed by atoms with Crippen LogP contribution in [0.2, 0.25) is 6.04 Å². The van der Waals surface area contributed by atoms with Crippen molar-refractivity contribution in [1.29, 1.82) is 0 Å². The van der Waals surface area contributed by atoms with Crippen LogP contribution in [-0.4, -0.2) is 8.80 Å². The minimum absolute atomic E-state index is 0.376. The molecule has 0 N–H and O–H groups in total. The smallest absolute Gasteiger partial charge is 0.102 e. The normalized spacial score (nSPS) is 10.0. The fourth-order valence-corrected chi connectivity index (χ4v) is 2.28. The molecule has 0 aliphatic heterocycles. The van der Waals surface area contributed by atoms with Gasteiger partial charge in [0.25, 0.3) is 0 Å². The van der Waals surface area contributed by atoms with Gasteiger partial charge in [-0.25, -0.2) is 0 Å². The lowest BCUT2D eigenvalue weighted by Gasteiger charge is -2.02. The summed E-state index contributed by atoms with van der Waals surface area (Å²) in [5, 5.41) is 0. The van der Waals surface area contributed by atoms with E-state index < -0.39 is 0 Å². The Kier molecular flexibility index (Phi) is 7.59. The molecule has 0 bridgehead atoms. The Balaban J connectivity index is 3.21. The zero-order valence-electron chi connectivity index (χ0n) is 7.60. The largest absolute Gasteiger partial charge is 0.107 e. The van der Waals surface area contributed by atoms with Gasteiger partial charge in [-0.05, 0) is 0 Å². The van der Waals surface area contributed by atoms with E-state index in [1.54, 1.807) is 0 Å². The maximum Gasteiger partial charge on any atom is 0.102 e. The van der Waals surface area contributed by atoms with Crippen molar-refractivity contribution in [2.45, 2.75) is 38.7 Å². The standard InChI is InChI=1S/C10H19Si/c1-4-7-8-9-10-11(5-2)6-3/h5-6H,2-4,7-10H2,1H3. The fraction of sp³-hybridized carbons (Fsp3) is 0.600. The molecule has 0 aliphatic rings. The van der Waals surface area contributed by atoms with Crippen LogP contribution in [-0.2, 0) is 0 Å². The van der Waals surface area contributed by atoms with Crippen LogP contribution in [0.15, 0.2) is 24.6 Å². The molecule has 0 fully saturated rings. The van der Waals surface area contributed by atoms with E-state index in [4.69, 9.17) is 0 Å². The van der Waals surface area contributed by atoms with Crippen LogP contribution in [0.25, 0.3) is 0 Å². The van der Waals surface area contributed by atoms with Gasteiger partial charge in [-0.1, -0.05) is 50.0 Å². The topological polar surface area (TPSA) is 0 Å². The van der Waals surface area contributed by atoms with Crippen LogP contribution in [0.1, 0.15) is 32.6 Å². The second-order valence-electron chi connectivity index (χ2n) is 2.79. The SMILES string of the molecule is C=C[Si](C=C)CCCCCC. The molecule has 0 rings (SSSR count). The summed E-state index contributed by atoms with van der Waals surface area (Å²) in [5.74, 6) is 0. The molecule has 63 valence electrons. The molecule has 0 spiro atoms. The molecule has 1 heteroatoms. The third-order valence-electron chi connectivity index (χ3n) is 1.84. The average molecular weight is 167 g/mol. The first-order valence-corrected chi connectivity index (χ1v) is 6.32. The second-order valence-corrected chi connectivity index (χ2v) is 5.26. The molecule has 0 aromatic carbocycles. The van der Waals surface area contributed by atoms with Gasteiger partial charge in [0.15, 0.2) is 0 Å². The zero-order chi connectivity index (χ0) is 8.53. The highest BCUT2D eigenvalue weighted by molar-refractivity contribution is 6.69. The molecule has 0 aliphatic carbocycles. The van der Waals surface area contributed by atoms with E-state index in [1.807, 2.05) is 0 Å². The zero-order valence-corrected chi connectivity index (χ0v) is 8.60. The van der Waals surface area contributed by atoms with Gasteiger partial charge in [0.1, 0.15) is 8.80 Å². The molecule has 0 aromatic rings. The van der Waals surface area contributed by atoms with Gasteiger partial charge in [-0.3, -0.25) is 0 Å². The van der Waals surface area contributed by atoms with Crippen molar-refractivity contribution in [1.82, 2.24) is 0 Å². The average Bonchev–Trinajstić information content (AvgIpc) is 2.05. The van der Waals surface area contributed by atoms with Crippen molar-refractivity contribution in [3.05, 3.63) is 24.6 Å². The Bertz CT molecular complexity index is 99.4. The molecular weight excluding hydrogens is 148 g/mol. The molecular formula is C10H19Si. The van der Waals surface area contributed by atoms with Gasteiger partial charge < -0.3 is 0 Å². The highest BCUT2D eigenvalue weighted by Crippen LogP contribution is 2.06. The van der Waals surface area contributed by atoms with Crippen molar-refractivity contribution in [3.8, 4) is 0 Å². The van der Waals surface area contributed by atoms with Crippen LogP contribution in [0.4, 0.5) is 0 Å². The molecule has 0 nitrogen and oxygen atoms in total. The summed E-state index contributed by atoms with van der Waals surface area (Å²) in [4.78, 5) is 0. The first kappa shape index (κ1) is 10.7. The Morgan fingerprint density at radius 2 is 1.73 bits per heavy atom. The predicted octanol–water partition coefficient (Wildman–Crippen LogP) is 3.51. The predicted molar refractivity (Wildman–Crippen MR) is 55.1 cm³/mol. The number of rotatable bonds is 7. The monoisotopic (exact) mass is 167 g/mol. The summed E-state index contributed by atoms with van der Waals surface area (Å²) in [6.07, 6.45) is 5.44. The highest BCUT2D eigenvalue weighted by atomic mass is 28.3. The summed E-state index contributed by atoms with van der Waals surface area (Å²) in [7, 11) is -0.376. The van der Waals surface area contributed by atoms with Crippen LogP contribution >= 0.6 is 0 Å². The highest BCUT2D eigenvalue weighted by Gasteiger charge is 1.99. The molecule has 0 heterocycles. The molecule has 1 radical (unpaired) electrons. The van der Waals surface area contributed by atoms with Gasteiger partial charge in [0, 0.05) is 0 Å². The van der Waals surface area contributed by atoms with Crippen molar-refractivity contribution < 1.29 is 0 Å². The molecule has 0 amide bonds. The summed E-state index contributed by atoms with van der Waals surface area (Å²) in [6.45, 7) is 9.85. The first-order valence-electron chi connectivity index (χ1n) is 4.45. The Hall–Kier alpha value is -0.303. The third-order valence-corrected chi connectivity index (χ3v) is 3.82. The molecule has 0 aromatic heterocycles. The quantitative estimate of drug-likeness (QED) is 0.402. The summed E-state index contributed by atoms with van der Waals surface area (Å²) < 4.78 is 0. The molecule has 11 heavy (non-hydrogen) atoms. The minimum atomic E-state index is -0.376. The van der Waals surface area contributed by atoms with E-state index in [9.17, 15) is 0 Å². The van der Waals surface area contributed by atoms with E-state index >= 15 is 0 Å². The Morgan fingerprint density at radius 3 is 2.18 bits per heavy atom. The van der Waals surface area contributed by atoms with Gasteiger partial charge in [0.2, 0.25) is 0 Å². The maximum absolute atomic E-state index is 3.80.